The van der Waals surface area contributed by atoms with E-state index < -0.39 is 33.4 Å². The molecule has 0 amide bonds. The van der Waals surface area contributed by atoms with Crippen LogP contribution < -0.4 is 5.14 Å². The van der Waals surface area contributed by atoms with Crippen LogP contribution in [0.2, 0.25) is 0 Å². The topological polar surface area (TPSA) is 118 Å². The molecule has 2 aromatic carbocycles. The number of nitrogens with zero attached hydrogens (tertiary/aromatic N) is 2. The number of rotatable bonds is 3. The van der Waals surface area contributed by atoms with Gasteiger partial charge in [-0.25, -0.2) is 18.2 Å². The summed E-state index contributed by atoms with van der Waals surface area (Å²) in [7, 11) is -3.96. The minimum absolute atomic E-state index is 0.0269. The van der Waals surface area contributed by atoms with Gasteiger partial charge in [-0.1, -0.05) is 0 Å². The van der Waals surface area contributed by atoms with Gasteiger partial charge in [0, 0.05) is 5.56 Å². The van der Waals surface area contributed by atoms with Crippen LogP contribution in [-0.2, 0) is 16.2 Å². The zero-order chi connectivity index (χ0) is 20.0. The van der Waals surface area contributed by atoms with E-state index in [1.54, 1.807) is 0 Å². The molecule has 3 aromatic rings. The number of aromatic nitrogens is 2. The largest absolute Gasteiger partial charge is 0.504 e. The van der Waals surface area contributed by atoms with Gasteiger partial charge in [0.05, 0.1) is 16.3 Å². The molecular weight excluding hydrogens is 387 g/mol. The second-order valence-electron chi connectivity index (χ2n) is 5.57. The van der Waals surface area contributed by atoms with Crippen molar-refractivity contribution in [2.45, 2.75) is 11.1 Å². The second kappa shape index (κ2) is 6.28. The Morgan fingerprint density at radius 1 is 0.963 bits per heavy atom. The molecule has 0 radical (unpaired) electrons. The van der Waals surface area contributed by atoms with Crippen molar-refractivity contribution < 1.29 is 31.8 Å². The van der Waals surface area contributed by atoms with Crippen LogP contribution in [-0.4, -0.2) is 28.4 Å². The van der Waals surface area contributed by atoms with Gasteiger partial charge >= 0.3 is 6.18 Å². The van der Waals surface area contributed by atoms with E-state index in [-0.39, 0.29) is 21.8 Å². The number of alkyl halides is 3. The molecule has 1 heterocycles. The fourth-order valence-corrected chi connectivity index (χ4v) is 2.90. The summed E-state index contributed by atoms with van der Waals surface area (Å²) in [6, 6.07) is 9.06. The molecule has 1 aromatic heterocycles. The van der Waals surface area contributed by atoms with E-state index in [0.29, 0.717) is 0 Å². The van der Waals surface area contributed by atoms with Crippen LogP contribution >= 0.6 is 0 Å². The fourth-order valence-electron chi connectivity index (χ4n) is 2.38. The van der Waals surface area contributed by atoms with Crippen molar-refractivity contribution in [2.75, 3.05) is 0 Å². The van der Waals surface area contributed by atoms with Gasteiger partial charge in [-0.2, -0.15) is 18.3 Å². The number of primary sulfonamides is 1. The number of hydrogen-bond acceptors (Lipinski definition) is 5. The van der Waals surface area contributed by atoms with Crippen molar-refractivity contribution in [1.82, 2.24) is 9.78 Å². The predicted octanol–water partition coefficient (Wildman–Crippen LogP) is 2.62. The van der Waals surface area contributed by atoms with Gasteiger partial charge in [0.25, 0.3) is 0 Å². The van der Waals surface area contributed by atoms with Crippen LogP contribution in [0.3, 0.4) is 0 Å². The first-order chi connectivity index (χ1) is 12.5. The Balaban J connectivity index is 2.19. The third-order valence-corrected chi connectivity index (χ3v) is 4.61. The summed E-state index contributed by atoms with van der Waals surface area (Å²) < 4.78 is 63.0. The minimum Gasteiger partial charge on any atom is -0.504 e. The van der Waals surface area contributed by atoms with E-state index in [1.807, 2.05) is 0 Å². The minimum atomic E-state index is -4.72. The predicted molar refractivity (Wildman–Crippen MR) is 88.7 cm³/mol. The Kier molecular flexibility index (Phi) is 4.36. The monoisotopic (exact) mass is 399 g/mol. The molecule has 27 heavy (non-hydrogen) atoms. The molecule has 0 bridgehead atoms. The van der Waals surface area contributed by atoms with Crippen molar-refractivity contribution >= 4 is 10.0 Å². The lowest BCUT2D eigenvalue weighted by Crippen LogP contribution is -2.12. The molecule has 7 nitrogen and oxygen atoms in total. The number of halogens is 3. The average molecular weight is 399 g/mol. The molecule has 0 fully saturated rings. The molecule has 142 valence electrons. The van der Waals surface area contributed by atoms with Crippen molar-refractivity contribution in [3.63, 3.8) is 0 Å². The third kappa shape index (κ3) is 3.73. The second-order valence-corrected chi connectivity index (χ2v) is 7.13. The van der Waals surface area contributed by atoms with Crippen LogP contribution in [0, 0.1) is 0 Å². The number of phenolic OH excluding ortho intramolecular Hbond substituents is 2. The summed E-state index contributed by atoms with van der Waals surface area (Å²) >= 11 is 0. The summed E-state index contributed by atoms with van der Waals surface area (Å²) in [4.78, 5) is -0.210. The zero-order valence-electron chi connectivity index (χ0n) is 13.3. The summed E-state index contributed by atoms with van der Waals surface area (Å²) in [6.07, 6.45) is -4.72. The molecule has 0 saturated carbocycles. The normalized spacial score (nSPS) is 12.3. The Morgan fingerprint density at radius 2 is 1.59 bits per heavy atom. The number of nitrogens with two attached hydrogens (primary N) is 1. The smallest absolute Gasteiger partial charge is 0.435 e. The molecule has 0 spiro atoms. The van der Waals surface area contributed by atoms with Crippen LogP contribution in [0.5, 0.6) is 11.5 Å². The SMILES string of the molecule is NS(=O)(=O)c1ccc(-n2nc(C(F)(F)F)cc2-c2ccc(O)c(O)c2)cc1. The van der Waals surface area contributed by atoms with Crippen molar-refractivity contribution in [3.8, 4) is 28.4 Å². The van der Waals surface area contributed by atoms with Crippen LogP contribution in [0.4, 0.5) is 13.2 Å². The molecule has 11 heteroatoms. The van der Waals surface area contributed by atoms with Gasteiger partial charge in [-0.15, -0.1) is 0 Å². The number of aromatic hydroxyl groups is 2. The van der Waals surface area contributed by atoms with Crippen molar-refractivity contribution in [2.24, 2.45) is 5.14 Å². The van der Waals surface area contributed by atoms with E-state index in [2.05, 4.69) is 5.10 Å². The molecular formula is C16H12F3N3O4S. The molecule has 4 N–H and O–H groups in total. The Bertz CT molecular complexity index is 1110. The van der Waals surface area contributed by atoms with Gasteiger partial charge in [0.15, 0.2) is 17.2 Å². The van der Waals surface area contributed by atoms with Gasteiger partial charge in [-0.05, 0) is 48.5 Å². The highest BCUT2D eigenvalue weighted by Gasteiger charge is 2.35. The first-order valence-corrected chi connectivity index (χ1v) is 8.84. The fraction of sp³-hybridized carbons (Fsp3) is 0.0625. The van der Waals surface area contributed by atoms with Crippen molar-refractivity contribution in [3.05, 3.63) is 54.2 Å². The number of phenols is 2. The number of sulfonamides is 1. The lowest BCUT2D eigenvalue weighted by atomic mass is 10.1. The average Bonchev–Trinajstić information content (AvgIpc) is 3.02. The summed E-state index contributed by atoms with van der Waals surface area (Å²) in [5.41, 5.74) is -0.911. The molecule has 0 aliphatic carbocycles. The standard InChI is InChI=1S/C16H12F3N3O4S/c17-16(18,19)15-8-12(9-1-6-13(23)14(24)7-9)22(21-15)10-2-4-11(5-3-10)27(20,25)26/h1-8,23-24H,(H2,20,25,26). The van der Waals surface area contributed by atoms with Crippen molar-refractivity contribution in [1.29, 1.82) is 0 Å². The maximum absolute atomic E-state index is 13.1. The first-order valence-electron chi connectivity index (χ1n) is 7.29. The van der Waals surface area contributed by atoms with E-state index >= 15 is 0 Å². The van der Waals surface area contributed by atoms with Crippen LogP contribution in [0.25, 0.3) is 16.9 Å². The molecule has 3 rings (SSSR count). The highest BCUT2D eigenvalue weighted by molar-refractivity contribution is 7.89. The Hall–Kier alpha value is -3.05. The molecule has 0 saturated heterocycles. The van der Waals surface area contributed by atoms with E-state index in [0.717, 1.165) is 35.0 Å². The molecule has 0 atom stereocenters. The summed E-state index contributed by atoms with van der Waals surface area (Å²) in [5, 5.41) is 27.6. The molecule has 0 aliphatic rings. The maximum atomic E-state index is 13.1. The van der Waals surface area contributed by atoms with E-state index in [9.17, 15) is 31.8 Å². The Morgan fingerprint density at radius 3 is 2.11 bits per heavy atom. The summed E-state index contributed by atoms with van der Waals surface area (Å²) in [5.74, 6) is -0.947. The third-order valence-electron chi connectivity index (χ3n) is 3.68. The first kappa shape index (κ1) is 18.7. The molecule has 0 unspecified atom stereocenters. The van der Waals surface area contributed by atoms with Crippen LogP contribution in [0.15, 0.2) is 53.4 Å². The summed E-state index contributed by atoms with van der Waals surface area (Å²) in [6.45, 7) is 0. The number of hydrogen-bond donors (Lipinski definition) is 3. The van der Waals surface area contributed by atoms with Crippen LogP contribution in [0.1, 0.15) is 5.69 Å². The highest BCUT2D eigenvalue weighted by atomic mass is 32.2. The maximum Gasteiger partial charge on any atom is 0.435 e. The van der Waals surface area contributed by atoms with Gasteiger partial charge < -0.3 is 10.2 Å². The Labute approximate surface area is 151 Å². The lowest BCUT2D eigenvalue weighted by Gasteiger charge is -2.09. The quantitative estimate of drug-likeness (QED) is 0.585. The van der Waals surface area contributed by atoms with Gasteiger partial charge in [0.1, 0.15) is 0 Å². The van der Waals surface area contributed by atoms with Gasteiger partial charge in [-0.3, -0.25) is 0 Å². The molecule has 0 aliphatic heterocycles. The van der Waals surface area contributed by atoms with E-state index in [4.69, 9.17) is 5.14 Å². The highest BCUT2D eigenvalue weighted by Crippen LogP contribution is 2.36. The van der Waals surface area contributed by atoms with Gasteiger partial charge in [0.2, 0.25) is 10.0 Å². The number of benzene rings is 2. The van der Waals surface area contributed by atoms with E-state index in [1.165, 1.54) is 18.2 Å². The lowest BCUT2D eigenvalue weighted by molar-refractivity contribution is -0.141. The zero-order valence-corrected chi connectivity index (χ0v) is 14.2.